The van der Waals surface area contributed by atoms with Crippen molar-refractivity contribution < 1.29 is 9.18 Å². The van der Waals surface area contributed by atoms with Crippen LogP contribution >= 0.6 is 11.6 Å². The summed E-state index contributed by atoms with van der Waals surface area (Å²) in [6.45, 7) is 0.360. The van der Waals surface area contributed by atoms with Gasteiger partial charge in [0, 0.05) is 6.20 Å². The maximum Gasteiger partial charge on any atom is 0.273 e. The van der Waals surface area contributed by atoms with Crippen LogP contribution in [-0.4, -0.2) is 44.9 Å². The van der Waals surface area contributed by atoms with Gasteiger partial charge in [-0.05, 0) is 36.5 Å². The number of nitrogens with one attached hydrogen (secondary N) is 1. The van der Waals surface area contributed by atoms with E-state index in [0.717, 1.165) is 11.3 Å². The highest BCUT2D eigenvalue weighted by Gasteiger charge is 2.24. The third-order valence-corrected chi connectivity index (χ3v) is 5.91. The Morgan fingerprint density at radius 2 is 2.18 bits per heavy atom. The van der Waals surface area contributed by atoms with Crippen LogP contribution in [0.25, 0.3) is 11.2 Å². The second-order valence-corrected chi connectivity index (χ2v) is 8.41. The molecule has 0 radical (unpaired) electrons. The van der Waals surface area contributed by atoms with E-state index in [2.05, 4.69) is 36.8 Å². The molecule has 1 saturated carbocycles. The van der Waals surface area contributed by atoms with Crippen LogP contribution in [0.2, 0.25) is 5.02 Å². The zero-order valence-electron chi connectivity index (χ0n) is 17.2. The maximum absolute atomic E-state index is 14.3. The highest BCUT2D eigenvalue weighted by molar-refractivity contribution is 6.31. The lowest BCUT2D eigenvalue weighted by Gasteiger charge is -2.03. The zero-order valence-corrected chi connectivity index (χ0v) is 17.9. The van der Waals surface area contributed by atoms with E-state index < -0.39 is 11.7 Å². The molecule has 1 aliphatic rings. The average molecular weight is 466 g/mol. The number of carbonyl (C=O) groups excluding carboxylic acids is 1. The fraction of sp³-hybridized carbons (Fsp3) is 0.238. The molecule has 33 heavy (non-hydrogen) atoms. The van der Waals surface area contributed by atoms with E-state index in [1.54, 1.807) is 10.7 Å². The number of hydrogen-bond donors (Lipinski definition) is 1. The Kier molecular flexibility index (Phi) is 4.57. The second-order valence-electron chi connectivity index (χ2n) is 8.01. The quantitative estimate of drug-likeness (QED) is 0.413. The predicted molar refractivity (Wildman–Crippen MR) is 115 cm³/mol. The Hall–Kier alpha value is -3.86. The Labute approximate surface area is 191 Å². The molecule has 1 aliphatic carbocycles. The first-order chi connectivity index (χ1) is 16.0. The van der Waals surface area contributed by atoms with E-state index >= 15 is 0 Å². The van der Waals surface area contributed by atoms with Gasteiger partial charge in [-0.2, -0.15) is 5.10 Å². The van der Waals surface area contributed by atoms with Crippen LogP contribution in [0, 0.1) is 5.82 Å². The van der Waals surface area contributed by atoms with Crippen LogP contribution in [-0.2, 0) is 13.1 Å². The highest BCUT2D eigenvalue weighted by atomic mass is 35.5. The number of imidazole rings is 2. The lowest BCUT2D eigenvalue weighted by molar-refractivity contribution is 0.0945. The fourth-order valence-electron chi connectivity index (χ4n) is 3.77. The van der Waals surface area contributed by atoms with Gasteiger partial charge in [-0.15, -0.1) is 5.10 Å². The van der Waals surface area contributed by atoms with Crippen LogP contribution in [0.4, 0.5) is 4.39 Å². The van der Waals surface area contributed by atoms with Crippen molar-refractivity contribution in [2.24, 2.45) is 0 Å². The molecule has 0 bridgehead atoms. The normalized spacial score (nSPS) is 13.8. The Balaban J connectivity index is 1.14. The SMILES string of the molecule is O=C(NCc1ncn2ccc(Cl)c(F)c12)c1cn(Cc2cn3ncc(C4CC4)cc3n2)nn1. The maximum atomic E-state index is 14.3. The van der Waals surface area contributed by atoms with E-state index in [1.165, 1.54) is 46.1 Å². The molecule has 0 spiro atoms. The largest absolute Gasteiger partial charge is 0.345 e. The molecular weight excluding hydrogens is 449 g/mol. The number of amides is 1. The van der Waals surface area contributed by atoms with E-state index in [-0.39, 0.29) is 22.8 Å². The predicted octanol–water partition coefficient (Wildman–Crippen LogP) is 2.62. The van der Waals surface area contributed by atoms with Crippen molar-refractivity contribution in [3.05, 3.63) is 76.7 Å². The van der Waals surface area contributed by atoms with Crippen molar-refractivity contribution in [2.45, 2.75) is 31.8 Å². The standard InChI is InChI=1S/C21H17ClFN9O/c22-15-3-4-30-11-25-16(20(30)19(15)23)7-24-21(33)17-10-31(29-28-17)8-14-9-32-18(27-14)5-13(6-26-32)12-1-2-12/h3-6,9-12H,1-2,7-8H2,(H,24,33). The van der Waals surface area contributed by atoms with Crippen molar-refractivity contribution >= 4 is 28.7 Å². The summed E-state index contributed by atoms with van der Waals surface area (Å²) in [6.07, 6.45) is 10.7. The summed E-state index contributed by atoms with van der Waals surface area (Å²) in [4.78, 5) is 21.3. The molecule has 1 fully saturated rings. The molecule has 5 aromatic rings. The smallest absolute Gasteiger partial charge is 0.273 e. The molecule has 0 saturated heterocycles. The molecule has 166 valence electrons. The van der Waals surface area contributed by atoms with Crippen LogP contribution in [0.15, 0.2) is 43.2 Å². The summed E-state index contributed by atoms with van der Waals surface area (Å²) in [5.41, 5.74) is 3.47. The molecule has 0 aliphatic heterocycles. The minimum atomic E-state index is -0.585. The third-order valence-electron chi connectivity index (χ3n) is 5.62. The van der Waals surface area contributed by atoms with Gasteiger partial charge in [0.1, 0.15) is 5.52 Å². The van der Waals surface area contributed by atoms with Crippen molar-refractivity contribution in [3.8, 4) is 0 Å². The van der Waals surface area contributed by atoms with E-state index in [4.69, 9.17) is 11.6 Å². The number of halogens is 2. The number of carbonyl (C=O) groups is 1. The monoisotopic (exact) mass is 465 g/mol. The van der Waals surface area contributed by atoms with E-state index in [0.29, 0.717) is 18.2 Å². The first-order valence-corrected chi connectivity index (χ1v) is 10.7. The number of rotatable bonds is 6. The summed E-state index contributed by atoms with van der Waals surface area (Å²) < 4.78 is 19.1. The molecule has 1 N–H and O–H groups in total. The van der Waals surface area contributed by atoms with Gasteiger partial charge < -0.3 is 9.72 Å². The van der Waals surface area contributed by atoms with Crippen molar-refractivity contribution in [1.82, 2.24) is 44.3 Å². The first kappa shape index (κ1) is 19.8. The molecule has 10 nitrogen and oxygen atoms in total. The molecule has 6 rings (SSSR count). The number of fused-ring (bicyclic) bond motifs is 2. The van der Waals surface area contributed by atoms with Gasteiger partial charge in [0.2, 0.25) is 0 Å². The molecule has 1 amide bonds. The van der Waals surface area contributed by atoms with Gasteiger partial charge in [-0.1, -0.05) is 16.8 Å². The molecule has 0 aromatic carbocycles. The Morgan fingerprint density at radius 3 is 3.03 bits per heavy atom. The van der Waals surface area contributed by atoms with Crippen LogP contribution in [0.1, 0.15) is 46.2 Å². The van der Waals surface area contributed by atoms with Gasteiger partial charge in [-0.3, -0.25) is 4.79 Å². The van der Waals surface area contributed by atoms with Crippen LogP contribution in [0.5, 0.6) is 0 Å². The Morgan fingerprint density at radius 1 is 1.30 bits per heavy atom. The molecule has 5 aromatic heterocycles. The lowest BCUT2D eigenvalue weighted by atomic mass is 10.2. The summed E-state index contributed by atoms with van der Waals surface area (Å²) in [5, 5.41) is 15.1. The second kappa shape index (κ2) is 7.62. The first-order valence-electron chi connectivity index (χ1n) is 10.4. The Bertz CT molecular complexity index is 1520. The fourth-order valence-corrected chi connectivity index (χ4v) is 3.92. The average Bonchev–Trinajstić information content (AvgIpc) is 3.23. The number of aromatic nitrogens is 8. The van der Waals surface area contributed by atoms with Crippen LogP contribution in [0.3, 0.4) is 0 Å². The topological polar surface area (TPSA) is 107 Å². The number of pyridine rings is 1. The van der Waals surface area contributed by atoms with Gasteiger partial charge in [0.15, 0.2) is 17.2 Å². The van der Waals surface area contributed by atoms with Gasteiger partial charge in [0.25, 0.3) is 5.91 Å². The number of hydrogen-bond acceptors (Lipinski definition) is 6. The minimum absolute atomic E-state index is 0.00979. The summed E-state index contributed by atoms with van der Waals surface area (Å²) in [6, 6.07) is 3.50. The van der Waals surface area contributed by atoms with Crippen molar-refractivity contribution in [2.75, 3.05) is 0 Å². The summed E-state index contributed by atoms with van der Waals surface area (Å²) >= 11 is 5.86. The summed E-state index contributed by atoms with van der Waals surface area (Å²) in [5.74, 6) is -0.429. The molecule has 0 unspecified atom stereocenters. The van der Waals surface area contributed by atoms with Crippen LogP contribution < -0.4 is 5.32 Å². The van der Waals surface area contributed by atoms with E-state index in [9.17, 15) is 9.18 Å². The minimum Gasteiger partial charge on any atom is -0.345 e. The van der Waals surface area contributed by atoms with Crippen molar-refractivity contribution in [3.63, 3.8) is 0 Å². The van der Waals surface area contributed by atoms with Gasteiger partial charge in [0.05, 0.1) is 54.4 Å². The van der Waals surface area contributed by atoms with E-state index in [1.807, 2.05) is 12.4 Å². The highest BCUT2D eigenvalue weighted by Crippen LogP contribution is 2.39. The van der Waals surface area contributed by atoms with Gasteiger partial charge in [-0.25, -0.2) is 23.6 Å². The third kappa shape index (κ3) is 3.69. The molecule has 0 atom stereocenters. The van der Waals surface area contributed by atoms with Gasteiger partial charge >= 0.3 is 0 Å². The lowest BCUT2D eigenvalue weighted by Crippen LogP contribution is -2.23. The molecular formula is C21H17ClFN9O. The van der Waals surface area contributed by atoms with Crippen molar-refractivity contribution in [1.29, 1.82) is 0 Å². The molecule has 12 heteroatoms. The molecule has 5 heterocycles. The number of nitrogens with zero attached hydrogens (tertiary/aromatic N) is 8. The zero-order chi connectivity index (χ0) is 22.5. The summed E-state index contributed by atoms with van der Waals surface area (Å²) in [7, 11) is 0.